The molecule has 1 atom stereocenters. The summed E-state index contributed by atoms with van der Waals surface area (Å²) in [7, 11) is 1.99. The zero-order valence-corrected chi connectivity index (χ0v) is 10.8. The maximum absolute atomic E-state index is 12.3. The number of aryl methyl sites for hydroxylation is 1. The Morgan fingerprint density at radius 2 is 2.39 bits per heavy atom. The molecule has 5 nitrogen and oxygen atoms in total. The molecule has 1 aliphatic heterocycles. The molecule has 1 saturated carbocycles. The lowest BCUT2D eigenvalue weighted by molar-refractivity contribution is -0.135. The number of imidazole rings is 1. The lowest BCUT2D eigenvalue weighted by Crippen LogP contribution is -2.49. The second kappa shape index (κ2) is 4.72. The van der Waals surface area contributed by atoms with Crippen molar-refractivity contribution in [1.29, 1.82) is 0 Å². The predicted molar refractivity (Wildman–Crippen MR) is 67.9 cm³/mol. The Balaban J connectivity index is 1.76. The summed E-state index contributed by atoms with van der Waals surface area (Å²) in [5.41, 5.74) is 0. The lowest BCUT2D eigenvalue weighted by Gasteiger charge is -2.35. The van der Waals surface area contributed by atoms with Crippen molar-refractivity contribution in [3.05, 3.63) is 18.2 Å². The van der Waals surface area contributed by atoms with Crippen LogP contribution in [0.5, 0.6) is 0 Å². The molecule has 0 aromatic carbocycles. The van der Waals surface area contributed by atoms with Crippen molar-refractivity contribution in [1.82, 2.24) is 19.8 Å². The molecular weight excluding hydrogens is 228 g/mol. The van der Waals surface area contributed by atoms with Gasteiger partial charge in [-0.15, -0.1) is 0 Å². The van der Waals surface area contributed by atoms with Gasteiger partial charge in [-0.05, 0) is 18.8 Å². The van der Waals surface area contributed by atoms with Gasteiger partial charge >= 0.3 is 0 Å². The summed E-state index contributed by atoms with van der Waals surface area (Å²) >= 11 is 0. The summed E-state index contributed by atoms with van der Waals surface area (Å²) in [5, 5.41) is 3.36. The van der Waals surface area contributed by atoms with E-state index in [9.17, 15) is 4.79 Å². The fourth-order valence-corrected chi connectivity index (χ4v) is 2.62. The molecule has 0 spiro atoms. The molecule has 1 unspecified atom stereocenters. The van der Waals surface area contributed by atoms with Crippen LogP contribution in [0, 0.1) is 5.92 Å². The van der Waals surface area contributed by atoms with E-state index in [2.05, 4.69) is 10.3 Å². The molecule has 2 fully saturated rings. The molecule has 2 heterocycles. The molecule has 1 aliphatic carbocycles. The van der Waals surface area contributed by atoms with E-state index in [1.165, 1.54) is 12.8 Å². The normalized spacial score (nSPS) is 24.3. The third-order valence-corrected chi connectivity index (χ3v) is 3.88. The molecule has 18 heavy (non-hydrogen) atoms. The summed E-state index contributed by atoms with van der Waals surface area (Å²) in [4.78, 5) is 18.7. The SMILES string of the molecule is Cn1ccnc1C1CNCCN1C(=O)CC1CC1. The number of piperazine rings is 1. The van der Waals surface area contributed by atoms with Crippen LogP contribution in [0.25, 0.3) is 0 Å². The summed E-state index contributed by atoms with van der Waals surface area (Å²) in [6, 6.07) is 0.0880. The molecule has 1 aromatic heterocycles. The molecular formula is C13H20N4O. The van der Waals surface area contributed by atoms with Crippen molar-refractivity contribution in [2.24, 2.45) is 13.0 Å². The van der Waals surface area contributed by atoms with Gasteiger partial charge in [0.25, 0.3) is 0 Å². The van der Waals surface area contributed by atoms with Crippen LogP contribution >= 0.6 is 0 Å². The molecule has 2 aliphatic rings. The van der Waals surface area contributed by atoms with Crippen LogP contribution < -0.4 is 5.32 Å². The van der Waals surface area contributed by atoms with Crippen molar-refractivity contribution < 1.29 is 4.79 Å². The Kier molecular flexibility index (Phi) is 3.07. The molecule has 3 rings (SSSR count). The minimum atomic E-state index is 0.0880. The number of carbonyl (C=O) groups is 1. The number of carbonyl (C=O) groups excluding carboxylic acids is 1. The van der Waals surface area contributed by atoms with Gasteiger partial charge in [-0.2, -0.15) is 0 Å². The highest BCUT2D eigenvalue weighted by Crippen LogP contribution is 2.34. The molecule has 1 saturated heterocycles. The summed E-state index contributed by atoms with van der Waals surface area (Å²) in [6.07, 6.45) is 6.91. The Labute approximate surface area is 107 Å². The average molecular weight is 248 g/mol. The van der Waals surface area contributed by atoms with Gasteiger partial charge in [-0.1, -0.05) is 0 Å². The molecule has 1 N–H and O–H groups in total. The Bertz CT molecular complexity index is 438. The van der Waals surface area contributed by atoms with Crippen LogP contribution in [0.15, 0.2) is 12.4 Å². The second-order valence-corrected chi connectivity index (χ2v) is 5.35. The van der Waals surface area contributed by atoms with E-state index >= 15 is 0 Å². The van der Waals surface area contributed by atoms with Crippen LogP contribution in [0.1, 0.15) is 31.1 Å². The van der Waals surface area contributed by atoms with E-state index in [4.69, 9.17) is 0 Å². The molecule has 0 radical (unpaired) electrons. The van der Waals surface area contributed by atoms with Gasteiger partial charge < -0.3 is 14.8 Å². The quantitative estimate of drug-likeness (QED) is 0.856. The van der Waals surface area contributed by atoms with Crippen LogP contribution in [-0.4, -0.2) is 40.0 Å². The Morgan fingerprint density at radius 1 is 1.56 bits per heavy atom. The fraction of sp³-hybridized carbons (Fsp3) is 0.692. The van der Waals surface area contributed by atoms with Crippen molar-refractivity contribution in [2.75, 3.05) is 19.6 Å². The number of hydrogen-bond donors (Lipinski definition) is 1. The molecule has 1 amide bonds. The number of nitrogens with zero attached hydrogens (tertiary/aromatic N) is 3. The topological polar surface area (TPSA) is 50.2 Å². The van der Waals surface area contributed by atoms with Crippen molar-refractivity contribution in [2.45, 2.75) is 25.3 Å². The minimum absolute atomic E-state index is 0.0880. The van der Waals surface area contributed by atoms with Crippen LogP contribution in [0.4, 0.5) is 0 Å². The number of rotatable bonds is 3. The third kappa shape index (κ3) is 2.27. The number of amides is 1. The number of nitrogens with one attached hydrogen (secondary N) is 1. The average Bonchev–Trinajstić information content (AvgIpc) is 3.09. The molecule has 5 heteroatoms. The summed E-state index contributed by atoms with van der Waals surface area (Å²) in [5.74, 6) is 1.92. The van der Waals surface area contributed by atoms with Gasteiger partial charge in [0.1, 0.15) is 11.9 Å². The van der Waals surface area contributed by atoms with E-state index in [1.54, 1.807) is 6.20 Å². The van der Waals surface area contributed by atoms with E-state index in [0.717, 1.165) is 31.9 Å². The highest BCUT2D eigenvalue weighted by atomic mass is 16.2. The van der Waals surface area contributed by atoms with E-state index < -0.39 is 0 Å². The van der Waals surface area contributed by atoms with Gasteiger partial charge in [0.05, 0.1) is 0 Å². The highest BCUT2D eigenvalue weighted by molar-refractivity contribution is 5.77. The fourth-order valence-electron chi connectivity index (χ4n) is 2.62. The first-order chi connectivity index (χ1) is 8.75. The zero-order valence-electron chi connectivity index (χ0n) is 10.8. The number of hydrogen-bond acceptors (Lipinski definition) is 3. The van der Waals surface area contributed by atoms with Gasteiger partial charge in [-0.3, -0.25) is 4.79 Å². The van der Waals surface area contributed by atoms with Gasteiger partial charge in [0, 0.05) is 45.5 Å². The monoisotopic (exact) mass is 248 g/mol. The molecule has 98 valence electrons. The van der Waals surface area contributed by atoms with Gasteiger partial charge in [0.2, 0.25) is 5.91 Å². The first-order valence-electron chi connectivity index (χ1n) is 6.73. The largest absolute Gasteiger partial charge is 0.336 e. The van der Waals surface area contributed by atoms with E-state index in [-0.39, 0.29) is 6.04 Å². The zero-order chi connectivity index (χ0) is 12.5. The first kappa shape index (κ1) is 11.7. The minimum Gasteiger partial charge on any atom is -0.336 e. The smallest absolute Gasteiger partial charge is 0.223 e. The summed E-state index contributed by atoms with van der Waals surface area (Å²) < 4.78 is 2.01. The van der Waals surface area contributed by atoms with Gasteiger partial charge in [0.15, 0.2) is 0 Å². The number of aromatic nitrogens is 2. The van der Waals surface area contributed by atoms with Crippen molar-refractivity contribution in [3.8, 4) is 0 Å². The van der Waals surface area contributed by atoms with Gasteiger partial charge in [-0.25, -0.2) is 4.98 Å². The van der Waals surface area contributed by atoms with E-state index in [0.29, 0.717) is 11.8 Å². The Hall–Kier alpha value is -1.36. The highest BCUT2D eigenvalue weighted by Gasteiger charge is 2.33. The standard InChI is InChI=1S/C13H20N4O/c1-16-6-5-15-13(16)11-9-14-4-7-17(11)12(18)8-10-2-3-10/h5-6,10-11,14H,2-4,7-9H2,1H3. The second-order valence-electron chi connectivity index (χ2n) is 5.35. The maximum Gasteiger partial charge on any atom is 0.223 e. The first-order valence-corrected chi connectivity index (χ1v) is 6.73. The third-order valence-electron chi connectivity index (χ3n) is 3.88. The van der Waals surface area contributed by atoms with Crippen molar-refractivity contribution in [3.63, 3.8) is 0 Å². The van der Waals surface area contributed by atoms with Crippen LogP contribution in [0.3, 0.4) is 0 Å². The predicted octanol–water partition coefficient (Wildman–Crippen LogP) is 0.693. The Morgan fingerprint density at radius 3 is 3.06 bits per heavy atom. The van der Waals surface area contributed by atoms with Crippen LogP contribution in [0.2, 0.25) is 0 Å². The van der Waals surface area contributed by atoms with Crippen LogP contribution in [-0.2, 0) is 11.8 Å². The summed E-state index contributed by atoms with van der Waals surface area (Å²) in [6.45, 7) is 2.49. The molecule has 1 aromatic rings. The van der Waals surface area contributed by atoms with E-state index in [1.807, 2.05) is 22.7 Å². The van der Waals surface area contributed by atoms with Crippen molar-refractivity contribution >= 4 is 5.91 Å². The molecule has 0 bridgehead atoms. The maximum atomic E-state index is 12.3. The lowest BCUT2D eigenvalue weighted by atomic mass is 10.1.